The molecule has 2 heterocycles. The molecule has 0 aliphatic carbocycles. The van der Waals surface area contributed by atoms with Crippen LogP contribution in [0, 0.1) is 5.41 Å². The van der Waals surface area contributed by atoms with E-state index < -0.39 is 5.41 Å². The van der Waals surface area contributed by atoms with Crippen LogP contribution in [0.4, 0.5) is 0 Å². The molecule has 1 aromatic heterocycles. The summed E-state index contributed by atoms with van der Waals surface area (Å²) < 4.78 is 5.03. The van der Waals surface area contributed by atoms with Crippen molar-refractivity contribution in [2.75, 3.05) is 40.9 Å². The molecule has 0 spiro atoms. The van der Waals surface area contributed by atoms with Crippen LogP contribution in [0.15, 0.2) is 41.1 Å². The summed E-state index contributed by atoms with van der Waals surface area (Å²) in [7, 11) is 5.18. The lowest BCUT2D eigenvalue weighted by Crippen LogP contribution is -2.44. The van der Waals surface area contributed by atoms with Crippen LogP contribution in [0.5, 0.6) is 0 Å². The number of likely N-dealkylation sites (tertiary alicyclic amines) is 1. The van der Waals surface area contributed by atoms with Gasteiger partial charge in [0.2, 0.25) is 11.8 Å². The largest absolute Gasteiger partial charge is 0.384 e. The number of thiophene rings is 1. The third-order valence-corrected chi connectivity index (χ3v) is 6.12. The second-order valence-corrected chi connectivity index (χ2v) is 8.45. The van der Waals surface area contributed by atoms with Crippen LogP contribution in [-0.2, 0) is 20.7 Å². The van der Waals surface area contributed by atoms with Gasteiger partial charge in [0, 0.05) is 34.3 Å². The topological polar surface area (TPSA) is 49.9 Å². The molecule has 0 unspecified atom stereocenters. The Morgan fingerprint density at radius 1 is 1.18 bits per heavy atom. The first kappa shape index (κ1) is 20.6. The Morgan fingerprint density at radius 3 is 2.54 bits per heavy atom. The molecule has 28 heavy (non-hydrogen) atoms. The third kappa shape index (κ3) is 4.45. The van der Waals surface area contributed by atoms with E-state index in [1.165, 1.54) is 11.1 Å². The van der Waals surface area contributed by atoms with Crippen LogP contribution in [-0.4, -0.2) is 62.5 Å². The summed E-state index contributed by atoms with van der Waals surface area (Å²) in [6.07, 6.45) is 1.69. The van der Waals surface area contributed by atoms with Gasteiger partial charge < -0.3 is 14.5 Å². The van der Waals surface area contributed by atoms with Crippen molar-refractivity contribution in [3.63, 3.8) is 0 Å². The van der Waals surface area contributed by atoms with E-state index in [4.69, 9.17) is 4.74 Å². The molecule has 0 radical (unpaired) electrons. The summed E-state index contributed by atoms with van der Waals surface area (Å²) in [6, 6.07) is 10.5. The maximum atomic E-state index is 13.1. The van der Waals surface area contributed by atoms with Crippen LogP contribution >= 0.6 is 11.3 Å². The van der Waals surface area contributed by atoms with Crippen LogP contribution < -0.4 is 0 Å². The molecule has 3 rings (SSSR count). The van der Waals surface area contributed by atoms with Gasteiger partial charge in [-0.2, -0.15) is 11.3 Å². The van der Waals surface area contributed by atoms with Crippen molar-refractivity contribution in [2.24, 2.45) is 5.41 Å². The van der Waals surface area contributed by atoms with E-state index in [9.17, 15) is 9.59 Å². The number of hydrogen-bond acceptors (Lipinski definition) is 4. The van der Waals surface area contributed by atoms with Gasteiger partial charge in [0.25, 0.3) is 0 Å². The van der Waals surface area contributed by atoms with Crippen LogP contribution in [0.2, 0.25) is 0 Å². The predicted octanol–water partition coefficient (Wildman–Crippen LogP) is 3.30. The lowest BCUT2D eigenvalue weighted by molar-refractivity contribution is -0.139. The zero-order chi connectivity index (χ0) is 20.1. The van der Waals surface area contributed by atoms with E-state index in [-0.39, 0.29) is 11.8 Å². The van der Waals surface area contributed by atoms with Gasteiger partial charge in [-0.25, -0.2) is 0 Å². The van der Waals surface area contributed by atoms with Crippen molar-refractivity contribution in [3.05, 3.63) is 46.7 Å². The summed E-state index contributed by atoms with van der Waals surface area (Å²) in [5.41, 5.74) is 2.96. The van der Waals surface area contributed by atoms with E-state index in [0.717, 1.165) is 5.56 Å². The zero-order valence-corrected chi connectivity index (χ0v) is 17.6. The lowest BCUT2D eigenvalue weighted by atomic mass is 9.79. The van der Waals surface area contributed by atoms with Crippen molar-refractivity contribution in [1.29, 1.82) is 0 Å². The molecule has 0 N–H and O–H groups in total. The smallest absolute Gasteiger partial charge is 0.230 e. The highest BCUT2D eigenvalue weighted by Gasteiger charge is 2.46. The number of carbonyl (C=O) groups excluding carboxylic acids is 2. The summed E-state index contributed by atoms with van der Waals surface area (Å²) in [5, 5.41) is 4.20. The molecular formula is C22H28N2O3S. The number of ether oxygens (including phenoxy) is 1. The van der Waals surface area contributed by atoms with E-state index >= 15 is 0 Å². The van der Waals surface area contributed by atoms with Crippen LogP contribution in [0.1, 0.15) is 18.4 Å². The van der Waals surface area contributed by atoms with Crippen molar-refractivity contribution in [3.8, 4) is 11.1 Å². The SMILES string of the molecule is COCCC(=O)N1CC[C@@](Cc2ccc(-c3ccsc3)cc2)(C(=O)N(C)C)C1. The van der Waals surface area contributed by atoms with Gasteiger partial charge in [-0.15, -0.1) is 0 Å². The van der Waals surface area contributed by atoms with E-state index in [2.05, 4.69) is 41.1 Å². The average molecular weight is 401 g/mol. The monoisotopic (exact) mass is 400 g/mol. The minimum atomic E-state index is -0.559. The Morgan fingerprint density at radius 2 is 1.93 bits per heavy atom. The highest BCUT2D eigenvalue weighted by Crippen LogP contribution is 2.36. The fraction of sp³-hybridized carbons (Fsp3) is 0.455. The molecule has 6 heteroatoms. The first-order chi connectivity index (χ1) is 13.4. The number of benzene rings is 1. The molecule has 1 atom stereocenters. The minimum absolute atomic E-state index is 0.0584. The molecule has 1 fully saturated rings. The van der Waals surface area contributed by atoms with Gasteiger partial charge in [-0.3, -0.25) is 9.59 Å². The molecule has 0 saturated carbocycles. The molecule has 1 aromatic carbocycles. The number of amides is 2. The Kier molecular flexibility index (Phi) is 6.52. The predicted molar refractivity (Wildman–Crippen MR) is 112 cm³/mol. The number of methoxy groups -OCH3 is 1. The maximum Gasteiger partial charge on any atom is 0.230 e. The average Bonchev–Trinajstić information content (AvgIpc) is 3.37. The molecule has 2 amide bonds. The van der Waals surface area contributed by atoms with Crippen LogP contribution in [0.25, 0.3) is 11.1 Å². The quantitative estimate of drug-likeness (QED) is 0.717. The Balaban J connectivity index is 1.77. The second kappa shape index (κ2) is 8.88. The van der Waals surface area contributed by atoms with Crippen molar-refractivity contribution < 1.29 is 14.3 Å². The minimum Gasteiger partial charge on any atom is -0.384 e. The van der Waals surface area contributed by atoms with E-state index in [1.807, 2.05) is 4.90 Å². The van der Waals surface area contributed by atoms with Gasteiger partial charge in [0.15, 0.2) is 0 Å². The molecule has 2 aromatic rings. The molecular weight excluding hydrogens is 372 g/mol. The van der Waals surface area contributed by atoms with Gasteiger partial charge in [-0.05, 0) is 46.4 Å². The summed E-state index contributed by atoms with van der Waals surface area (Å²) in [6.45, 7) is 1.50. The molecule has 0 bridgehead atoms. The second-order valence-electron chi connectivity index (χ2n) is 7.67. The van der Waals surface area contributed by atoms with Gasteiger partial charge in [0.1, 0.15) is 0 Å². The van der Waals surface area contributed by atoms with Crippen molar-refractivity contribution in [1.82, 2.24) is 9.80 Å². The van der Waals surface area contributed by atoms with Gasteiger partial charge in [0.05, 0.1) is 18.4 Å². The molecule has 150 valence electrons. The van der Waals surface area contributed by atoms with Crippen molar-refractivity contribution >= 4 is 23.2 Å². The summed E-state index contributed by atoms with van der Waals surface area (Å²) in [5.74, 6) is 0.152. The molecule has 1 aliphatic rings. The summed E-state index contributed by atoms with van der Waals surface area (Å²) in [4.78, 5) is 29.0. The van der Waals surface area contributed by atoms with Crippen molar-refractivity contribution in [2.45, 2.75) is 19.3 Å². The molecule has 5 nitrogen and oxygen atoms in total. The standard InChI is InChI=1S/C22H28N2O3S/c1-23(2)21(26)22(10-11-24(16-22)20(25)8-12-27-3)14-17-4-6-18(7-5-17)19-9-13-28-15-19/h4-7,9,13,15H,8,10-12,14,16H2,1-3H3/t22-/m0/s1. The lowest BCUT2D eigenvalue weighted by Gasteiger charge is -2.31. The van der Waals surface area contributed by atoms with E-state index in [0.29, 0.717) is 39.0 Å². The Labute approximate surface area is 170 Å². The van der Waals surface area contributed by atoms with Crippen LogP contribution in [0.3, 0.4) is 0 Å². The van der Waals surface area contributed by atoms with Gasteiger partial charge in [-0.1, -0.05) is 24.3 Å². The first-order valence-corrected chi connectivity index (χ1v) is 10.5. The summed E-state index contributed by atoms with van der Waals surface area (Å²) >= 11 is 1.68. The third-order valence-electron chi connectivity index (χ3n) is 5.44. The zero-order valence-electron chi connectivity index (χ0n) is 16.8. The highest BCUT2D eigenvalue weighted by atomic mass is 32.1. The number of carbonyl (C=O) groups is 2. The maximum absolute atomic E-state index is 13.1. The fourth-order valence-electron chi connectivity index (χ4n) is 3.94. The fourth-order valence-corrected chi connectivity index (χ4v) is 4.60. The number of nitrogens with zero attached hydrogens (tertiary/aromatic N) is 2. The van der Waals surface area contributed by atoms with Gasteiger partial charge >= 0.3 is 0 Å². The normalized spacial score (nSPS) is 19.0. The Bertz CT molecular complexity index is 802. The Hall–Kier alpha value is -2.18. The van der Waals surface area contributed by atoms with E-state index in [1.54, 1.807) is 37.4 Å². The number of rotatable bonds is 7. The molecule has 1 aliphatic heterocycles. The first-order valence-electron chi connectivity index (χ1n) is 9.55. The highest BCUT2D eigenvalue weighted by molar-refractivity contribution is 7.08. The molecule has 1 saturated heterocycles. The number of hydrogen-bond donors (Lipinski definition) is 0.